The van der Waals surface area contributed by atoms with Crippen molar-refractivity contribution in [3.05, 3.63) is 11.6 Å². The summed E-state index contributed by atoms with van der Waals surface area (Å²) in [5.41, 5.74) is 6.08. The van der Waals surface area contributed by atoms with Gasteiger partial charge in [-0.1, -0.05) is 193 Å². The Morgan fingerprint density at radius 1 is 0.488 bits per heavy atom. The Bertz CT molecular complexity index is 606. The molecular formula is C38H77CaNO3. The number of hydrogen-bond donors (Lipinski definition) is 2. The number of hydrogen-bond acceptors (Lipinski definition) is 2. The molecule has 5 heteroatoms. The Hall–Kier alpha value is -0.0603. The first kappa shape index (κ1) is 47.3. The number of nitrogens with two attached hydrogens (primary N) is 1. The normalized spacial score (nSPS) is 11.1. The van der Waals surface area contributed by atoms with Crippen molar-refractivity contribution in [1.82, 2.24) is 0 Å². The predicted molar refractivity (Wildman–Crippen MR) is 193 cm³/mol. The molecule has 0 aliphatic heterocycles. The van der Waals surface area contributed by atoms with Gasteiger partial charge in [0.25, 0.3) is 0 Å². The Morgan fingerprint density at radius 3 is 0.930 bits per heavy atom. The van der Waals surface area contributed by atoms with Gasteiger partial charge >= 0.3 is 43.7 Å². The summed E-state index contributed by atoms with van der Waals surface area (Å²) in [6.45, 7) is 6.44. The minimum atomic E-state index is -0.653. The third-order valence-corrected chi connectivity index (χ3v) is 8.46. The van der Waals surface area contributed by atoms with Crippen LogP contribution < -0.4 is 5.73 Å². The second-order valence-electron chi connectivity index (χ2n) is 12.6. The molecule has 0 aliphatic carbocycles. The second kappa shape index (κ2) is 41.9. The van der Waals surface area contributed by atoms with Crippen molar-refractivity contribution in [1.29, 1.82) is 0 Å². The maximum Gasteiger partial charge on any atom is 2.00 e. The molecule has 0 spiro atoms. The van der Waals surface area contributed by atoms with Crippen molar-refractivity contribution >= 4 is 49.6 Å². The Morgan fingerprint density at radius 2 is 0.721 bits per heavy atom. The number of carbonyl (C=O) groups excluding carboxylic acids is 1. The van der Waals surface area contributed by atoms with E-state index in [0.717, 1.165) is 31.3 Å². The van der Waals surface area contributed by atoms with Crippen molar-refractivity contribution in [3.63, 3.8) is 0 Å². The molecule has 0 unspecified atom stereocenters. The molecule has 0 saturated carbocycles. The standard InChI is InChI=1S/C20H39NO.C18H36O2.Ca.2H/c1-3-5-6-7-8-9-10-11-12-13-14-15-16-17-18-19(4-2)20(21)22;1-2-3-4-5-6-7-8-9-10-11-12-13-14-15-16-17-18(19)20;;;/h4H,3,5-18H2,1-2H3,(H2,21,22);2-17H2,1H3,(H,19,20);;;/q;;+2;2*-1. The van der Waals surface area contributed by atoms with Crippen LogP contribution in [0.3, 0.4) is 0 Å². The molecule has 0 aliphatic rings. The van der Waals surface area contributed by atoms with Crippen LogP contribution in [0.4, 0.5) is 0 Å². The molecule has 1 amide bonds. The molecule has 43 heavy (non-hydrogen) atoms. The average molecular weight is 636 g/mol. The second-order valence-corrected chi connectivity index (χ2v) is 12.6. The molecule has 0 atom stereocenters. The summed E-state index contributed by atoms with van der Waals surface area (Å²) in [5.74, 6) is -0.906. The third kappa shape index (κ3) is 44.1. The van der Waals surface area contributed by atoms with E-state index >= 15 is 0 Å². The van der Waals surface area contributed by atoms with Gasteiger partial charge in [-0.2, -0.15) is 0 Å². The van der Waals surface area contributed by atoms with Gasteiger partial charge in [-0.05, 0) is 26.2 Å². The van der Waals surface area contributed by atoms with Gasteiger partial charge in [-0.3, -0.25) is 9.59 Å². The van der Waals surface area contributed by atoms with Gasteiger partial charge in [-0.15, -0.1) is 0 Å². The quantitative estimate of drug-likeness (QED) is 0.0438. The monoisotopic (exact) mass is 636 g/mol. The van der Waals surface area contributed by atoms with Crippen molar-refractivity contribution < 1.29 is 17.5 Å². The van der Waals surface area contributed by atoms with Gasteiger partial charge in [-0.25, -0.2) is 0 Å². The molecule has 0 aromatic carbocycles. The Labute approximate surface area is 302 Å². The van der Waals surface area contributed by atoms with Crippen LogP contribution in [0.25, 0.3) is 0 Å². The fourth-order valence-electron chi connectivity index (χ4n) is 5.57. The number of rotatable bonds is 32. The topological polar surface area (TPSA) is 80.4 Å². The van der Waals surface area contributed by atoms with E-state index in [-0.39, 0.29) is 46.5 Å². The van der Waals surface area contributed by atoms with Gasteiger partial charge in [0.2, 0.25) is 5.91 Å². The summed E-state index contributed by atoms with van der Waals surface area (Å²) in [6.07, 6.45) is 42.0. The Balaban J connectivity index is -0.000000223. The number of carbonyl (C=O) groups is 2. The van der Waals surface area contributed by atoms with E-state index in [1.165, 1.54) is 167 Å². The molecule has 0 aromatic rings. The van der Waals surface area contributed by atoms with Gasteiger partial charge < -0.3 is 13.7 Å². The molecule has 0 saturated heterocycles. The van der Waals surface area contributed by atoms with E-state index < -0.39 is 5.97 Å². The predicted octanol–water partition coefficient (Wildman–Crippen LogP) is 12.5. The summed E-state index contributed by atoms with van der Waals surface area (Å²) >= 11 is 0. The first-order valence-corrected chi connectivity index (χ1v) is 18.7. The van der Waals surface area contributed by atoms with E-state index in [2.05, 4.69) is 13.8 Å². The maximum atomic E-state index is 11.0. The Kier molecular flexibility index (Phi) is 46.2. The van der Waals surface area contributed by atoms with Crippen LogP contribution in [0, 0.1) is 0 Å². The fraction of sp³-hybridized carbons (Fsp3) is 0.895. The van der Waals surface area contributed by atoms with E-state index in [1.54, 1.807) is 0 Å². The number of primary amides is 1. The van der Waals surface area contributed by atoms with Crippen LogP contribution >= 0.6 is 0 Å². The number of allylic oxidation sites excluding steroid dienone is 1. The van der Waals surface area contributed by atoms with Gasteiger partial charge in [0, 0.05) is 12.0 Å². The molecule has 3 N–H and O–H groups in total. The summed E-state index contributed by atoms with van der Waals surface area (Å²) in [4.78, 5) is 21.4. The van der Waals surface area contributed by atoms with Crippen LogP contribution in [0.5, 0.6) is 0 Å². The number of aliphatic carboxylic acids is 1. The maximum absolute atomic E-state index is 11.0. The number of unbranched alkanes of at least 4 members (excludes halogenated alkanes) is 27. The third-order valence-electron chi connectivity index (χ3n) is 8.46. The van der Waals surface area contributed by atoms with Crippen molar-refractivity contribution in [3.8, 4) is 0 Å². The summed E-state index contributed by atoms with van der Waals surface area (Å²) in [6, 6.07) is 0. The molecule has 0 bridgehead atoms. The first-order chi connectivity index (χ1) is 20.5. The molecule has 0 rings (SSSR count). The van der Waals surface area contributed by atoms with E-state index in [1.807, 2.05) is 13.0 Å². The molecule has 0 heterocycles. The van der Waals surface area contributed by atoms with Crippen LogP contribution in [-0.2, 0) is 9.59 Å². The molecular weight excluding hydrogens is 559 g/mol. The smallest absolute Gasteiger partial charge is 1.00 e. The zero-order chi connectivity index (χ0) is 31.4. The average Bonchev–Trinajstić information content (AvgIpc) is 2.97. The van der Waals surface area contributed by atoms with Crippen LogP contribution in [0.2, 0.25) is 0 Å². The SMILES string of the molecule is CC=C(CCCCCCCCCCCCCCCC)C(N)=O.CCCCCCCCCCCCCCCCCC(=O)O.[Ca+2].[H-].[H-]. The molecule has 4 nitrogen and oxygen atoms in total. The van der Waals surface area contributed by atoms with Crippen LogP contribution in [-0.4, -0.2) is 54.7 Å². The van der Waals surface area contributed by atoms with Crippen LogP contribution in [0.15, 0.2) is 11.6 Å². The van der Waals surface area contributed by atoms with Crippen molar-refractivity contribution in [2.24, 2.45) is 5.73 Å². The fourth-order valence-corrected chi connectivity index (χ4v) is 5.57. The van der Waals surface area contributed by atoms with Gasteiger partial charge in [0.05, 0.1) is 0 Å². The number of carboxylic acid groups (broad SMARTS) is 1. The van der Waals surface area contributed by atoms with E-state index in [0.29, 0.717) is 6.42 Å². The largest absolute Gasteiger partial charge is 2.00 e. The molecule has 0 fully saturated rings. The summed E-state index contributed by atoms with van der Waals surface area (Å²) in [5, 5.41) is 8.52. The zero-order valence-electron chi connectivity index (χ0n) is 31.5. The number of amides is 1. The number of carboxylic acids is 1. The van der Waals surface area contributed by atoms with E-state index in [4.69, 9.17) is 10.8 Å². The zero-order valence-corrected chi connectivity index (χ0v) is 31.8. The van der Waals surface area contributed by atoms with Gasteiger partial charge in [0.15, 0.2) is 0 Å². The van der Waals surface area contributed by atoms with Gasteiger partial charge in [0.1, 0.15) is 0 Å². The molecule has 0 aromatic heterocycles. The minimum absolute atomic E-state index is 0. The van der Waals surface area contributed by atoms with Crippen molar-refractivity contribution in [2.45, 2.75) is 220 Å². The van der Waals surface area contributed by atoms with E-state index in [9.17, 15) is 9.59 Å². The van der Waals surface area contributed by atoms with Crippen molar-refractivity contribution in [2.75, 3.05) is 0 Å². The first-order valence-electron chi connectivity index (χ1n) is 18.7. The molecule has 254 valence electrons. The summed E-state index contributed by atoms with van der Waals surface area (Å²) < 4.78 is 0. The molecule has 0 radical (unpaired) electrons. The summed E-state index contributed by atoms with van der Waals surface area (Å²) in [7, 11) is 0. The minimum Gasteiger partial charge on any atom is -1.00 e. The van der Waals surface area contributed by atoms with Crippen LogP contribution in [0.1, 0.15) is 223 Å².